The number of guanidine groups is 1. The maximum Gasteiger partial charge on any atom is 0.244 e. The summed E-state index contributed by atoms with van der Waals surface area (Å²) in [5, 5.41) is 8.72. The van der Waals surface area contributed by atoms with Crippen LogP contribution in [0.25, 0.3) is 0 Å². The molecule has 0 spiro atoms. The molecule has 28 heavy (non-hydrogen) atoms. The summed E-state index contributed by atoms with van der Waals surface area (Å²) in [5.41, 5.74) is 3.85. The number of carbonyl (C=O) groups is 1. The molecule has 6 heteroatoms. The molecule has 1 aliphatic rings. The van der Waals surface area contributed by atoms with E-state index in [2.05, 4.69) is 65.2 Å². The van der Waals surface area contributed by atoms with E-state index < -0.39 is 0 Å². The zero-order valence-electron chi connectivity index (χ0n) is 17.0. The lowest BCUT2D eigenvalue weighted by Crippen LogP contribution is -2.41. The molecule has 2 aromatic rings. The number of thiophene rings is 1. The predicted octanol–water partition coefficient (Wildman–Crippen LogP) is 3.30. The first-order valence-corrected chi connectivity index (χ1v) is 10.9. The minimum Gasteiger partial charge on any atom is -0.357 e. The van der Waals surface area contributed by atoms with Crippen LogP contribution < -0.4 is 10.6 Å². The van der Waals surface area contributed by atoms with Crippen LogP contribution in [-0.2, 0) is 17.8 Å². The van der Waals surface area contributed by atoms with Crippen LogP contribution in [0.15, 0.2) is 40.7 Å². The minimum atomic E-state index is 0.0839. The number of hydrogen-bond acceptors (Lipinski definition) is 3. The first-order chi connectivity index (χ1) is 13.6. The SMILES string of the molecule is CCNC(=NCC(=O)N1CCc2sccc2C1)NCC(C)c1ccc(C)cc1. The van der Waals surface area contributed by atoms with Gasteiger partial charge in [-0.15, -0.1) is 11.3 Å². The van der Waals surface area contributed by atoms with E-state index in [9.17, 15) is 4.79 Å². The van der Waals surface area contributed by atoms with E-state index in [4.69, 9.17) is 0 Å². The highest BCUT2D eigenvalue weighted by Gasteiger charge is 2.21. The number of aryl methyl sites for hydroxylation is 1. The molecule has 0 radical (unpaired) electrons. The summed E-state index contributed by atoms with van der Waals surface area (Å²) in [5.74, 6) is 1.14. The maximum absolute atomic E-state index is 12.6. The number of benzene rings is 1. The van der Waals surface area contributed by atoms with Crippen molar-refractivity contribution in [3.63, 3.8) is 0 Å². The summed E-state index contributed by atoms with van der Waals surface area (Å²) < 4.78 is 0. The summed E-state index contributed by atoms with van der Waals surface area (Å²) >= 11 is 1.79. The van der Waals surface area contributed by atoms with Gasteiger partial charge in [0.25, 0.3) is 0 Å². The van der Waals surface area contributed by atoms with Gasteiger partial charge in [0.15, 0.2) is 5.96 Å². The van der Waals surface area contributed by atoms with Crippen molar-refractivity contribution >= 4 is 23.2 Å². The van der Waals surface area contributed by atoms with Crippen molar-refractivity contribution < 1.29 is 4.79 Å². The first kappa shape index (κ1) is 20.4. The van der Waals surface area contributed by atoms with Gasteiger partial charge in [-0.2, -0.15) is 0 Å². The van der Waals surface area contributed by atoms with E-state index in [1.807, 2.05) is 11.8 Å². The van der Waals surface area contributed by atoms with Gasteiger partial charge in [0.1, 0.15) is 6.54 Å². The molecule has 3 rings (SSSR count). The molecular formula is C22H30N4OS. The molecule has 0 bridgehead atoms. The van der Waals surface area contributed by atoms with Crippen molar-refractivity contribution in [3.05, 3.63) is 57.3 Å². The number of amides is 1. The zero-order valence-corrected chi connectivity index (χ0v) is 17.8. The normalized spacial score (nSPS) is 15.1. The monoisotopic (exact) mass is 398 g/mol. The van der Waals surface area contributed by atoms with Crippen LogP contribution in [0.2, 0.25) is 0 Å². The Kier molecular flexibility index (Phi) is 7.09. The van der Waals surface area contributed by atoms with Gasteiger partial charge >= 0.3 is 0 Å². The molecule has 1 aromatic heterocycles. The lowest BCUT2D eigenvalue weighted by atomic mass is 10.0. The third kappa shape index (κ3) is 5.35. The van der Waals surface area contributed by atoms with Crippen LogP contribution in [0.3, 0.4) is 0 Å². The highest BCUT2D eigenvalue weighted by molar-refractivity contribution is 7.10. The van der Waals surface area contributed by atoms with E-state index in [0.717, 1.165) is 26.1 Å². The van der Waals surface area contributed by atoms with Gasteiger partial charge in [0, 0.05) is 31.1 Å². The van der Waals surface area contributed by atoms with Crippen molar-refractivity contribution in [1.29, 1.82) is 0 Å². The Morgan fingerprint density at radius 2 is 2.04 bits per heavy atom. The van der Waals surface area contributed by atoms with E-state index in [0.29, 0.717) is 18.4 Å². The maximum atomic E-state index is 12.6. The Bertz CT molecular complexity index is 812. The van der Waals surface area contributed by atoms with E-state index in [1.54, 1.807) is 11.3 Å². The quantitative estimate of drug-likeness (QED) is 0.580. The number of nitrogens with one attached hydrogen (secondary N) is 2. The Morgan fingerprint density at radius 3 is 2.79 bits per heavy atom. The van der Waals surface area contributed by atoms with Crippen molar-refractivity contribution in [2.24, 2.45) is 4.99 Å². The summed E-state index contributed by atoms with van der Waals surface area (Å²) in [6.07, 6.45) is 0.953. The Labute approximate surface area is 171 Å². The second-order valence-corrected chi connectivity index (χ2v) is 8.32. The fourth-order valence-corrected chi connectivity index (χ4v) is 4.20. The molecule has 1 aromatic carbocycles. The van der Waals surface area contributed by atoms with Gasteiger partial charge in [0.2, 0.25) is 5.91 Å². The Hall–Kier alpha value is -2.34. The molecule has 2 N–H and O–H groups in total. The van der Waals surface area contributed by atoms with Crippen LogP contribution in [0, 0.1) is 6.92 Å². The van der Waals surface area contributed by atoms with Crippen LogP contribution in [0.1, 0.15) is 41.3 Å². The van der Waals surface area contributed by atoms with E-state index in [1.165, 1.54) is 21.6 Å². The molecule has 1 aliphatic heterocycles. The van der Waals surface area contributed by atoms with E-state index in [-0.39, 0.29) is 12.5 Å². The molecule has 1 unspecified atom stereocenters. The number of rotatable bonds is 6. The summed E-state index contributed by atoms with van der Waals surface area (Å²) in [6, 6.07) is 10.7. The topological polar surface area (TPSA) is 56.7 Å². The van der Waals surface area contributed by atoms with Gasteiger partial charge < -0.3 is 15.5 Å². The van der Waals surface area contributed by atoms with Gasteiger partial charge in [-0.05, 0) is 48.8 Å². The number of hydrogen-bond donors (Lipinski definition) is 2. The molecule has 150 valence electrons. The van der Waals surface area contributed by atoms with Crippen LogP contribution in [0.5, 0.6) is 0 Å². The van der Waals surface area contributed by atoms with Crippen LogP contribution in [0.4, 0.5) is 0 Å². The standard InChI is InChI=1S/C22H30N4OS/c1-4-23-22(24-13-17(3)18-7-5-16(2)6-8-18)25-14-21(27)26-11-9-20-19(15-26)10-12-28-20/h5-8,10,12,17H,4,9,11,13-15H2,1-3H3,(H2,23,24,25). The fourth-order valence-electron chi connectivity index (χ4n) is 3.31. The molecule has 1 amide bonds. The summed E-state index contributed by atoms with van der Waals surface area (Å²) in [7, 11) is 0. The molecule has 0 fully saturated rings. The van der Waals surface area contributed by atoms with Gasteiger partial charge in [-0.1, -0.05) is 36.8 Å². The second-order valence-electron chi connectivity index (χ2n) is 7.32. The Balaban J connectivity index is 1.53. The Morgan fingerprint density at radius 1 is 1.25 bits per heavy atom. The van der Waals surface area contributed by atoms with Gasteiger partial charge in [-0.3, -0.25) is 4.79 Å². The molecule has 5 nitrogen and oxygen atoms in total. The fraction of sp³-hybridized carbons (Fsp3) is 0.455. The third-order valence-corrected chi connectivity index (χ3v) is 6.12. The van der Waals surface area contributed by atoms with Crippen LogP contribution >= 0.6 is 11.3 Å². The zero-order chi connectivity index (χ0) is 19.9. The molecule has 0 aliphatic carbocycles. The smallest absolute Gasteiger partial charge is 0.244 e. The average molecular weight is 399 g/mol. The van der Waals surface area contributed by atoms with Gasteiger partial charge in [0.05, 0.1) is 0 Å². The molecule has 1 atom stereocenters. The number of nitrogens with zero attached hydrogens (tertiary/aromatic N) is 2. The largest absolute Gasteiger partial charge is 0.357 e. The minimum absolute atomic E-state index is 0.0839. The summed E-state index contributed by atoms with van der Waals surface area (Å²) in [4.78, 5) is 20.4. The third-order valence-electron chi connectivity index (χ3n) is 5.10. The molecule has 0 saturated carbocycles. The van der Waals surface area contributed by atoms with Crippen molar-refractivity contribution in [1.82, 2.24) is 15.5 Å². The van der Waals surface area contributed by atoms with Crippen LogP contribution in [-0.4, -0.2) is 42.9 Å². The van der Waals surface area contributed by atoms with E-state index >= 15 is 0 Å². The molecule has 2 heterocycles. The molecule has 0 saturated heterocycles. The number of aliphatic imine (C=N–C) groups is 1. The number of fused-ring (bicyclic) bond motifs is 1. The highest BCUT2D eigenvalue weighted by atomic mass is 32.1. The number of carbonyl (C=O) groups excluding carboxylic acids is 1. The lowest BCUT2D eigenvalue weighted by Gasteiger charge is -2.26. The van der Waals surface area contributed by atoms with Gasteiger partial charge in [-0.25, -0.2) is 4.99 Å². The first-order valence-electron chi connectivity index (χ1n) is 9.98. The summed E-state index contributed by atoms with van der Waals surface area (Å²) in [6.45, 7) is 9.53. The van der Waals surface area contributed by atoms with Crippen molar-refractivity contribution in [2.75, 3.05) is 26.2 Å². The molecular weight excluding hydrogens is 368 g/mol. The average Bonchev–Trinajstić information content (AvgIpc) is 3.18. The lowest BCUT2D eigenvalue weighted by molar-refractivity contribution is -0.130. The highest BCUT2D eigenvalue weighted by Crippen LogP contribution is 2.23. The second kappa shape index (κ2) is 9.73. The van der Waals surface area contributed by atoms with Crippen molar-refractivity contribution in [3.8, 4) is 0 Å². The predicted molar refractivity (Wildman–Crippen MR) is 117 cm³/mol. The van der Waals surface area contributed by atoms with Crippen molar-refractivity contribution in [2.45, 2.75) is 39.7 Å².